The molecule has 34 heavy (non-hydrogen) atoms. The van der Waals surface area contributed by atoms with Crippen molar-refractivity contribution in [3.63, 3.8) is 0 Å². The molecule has 0 radical (unpaired) electrons. The Morgan fingerprint density at radius 3 is 2.32 bits per heavy atom. The number of hydrogen-bond acceptors (Lipinski definition) is 7. The number of methoxy groups -OCH3 is 3. The molecule has 0 aliphatic carbocycles. The summed E-state index contributed by atoms with van der Waals surface area (Å²) in [7, 11) is 5.52. The fourth-order valence-corrected chi connectivity index (χ4v) is 5.08. The van der Waals surface area contributed by atoms with E-state index in [2.05, 4.69) is 18.2 Å². The molecule has 0 bridgehead atoms. The van der Waals surface area contributed by atoms with E-state index >= 15 is 0 Å². The molecule has 1 N–H and O–H groups in total. The first-order chi connectivity index (χ1) is 16.5. The molecule has 2 heterocycles. The highest BCUT2D eigenvalue weighted by Gasteiger charge is 2.23. The van der Waals surface area contributed by atoms with E-state index in [-0.39, 0.29) is 16.5 Å². The van der Waals surface area contributed by atoms with E-state index in [0.717, 1.165) is 41.6 Å². The second kappa shape index (κ2) is 13.7. The summed E-state index contributed by atoms with van der Waals surface area (Å²) in [4.78, 5) is 18.4. The summed E-state index contributed by atoms with van der Waals surface area (Å²) in [5, 5.41) is 8.00. The molecule has 0 aliphatic rings. The summed E-state index contributed by atoms with van der Waals surface area (Å²) in [5.41, 5.74) is 0.820. The fraction of sp³-hybridized carbons (Fsp3) is 0.440. The first-order valence-electron chi connectivity index (χ1n) is 11.0. The van der Waals surface area contributed by atoms with Gasteiger partial charge in [0.25, 0.3) is 0 Å². The highest BCUT2D eigenvalue weighted by atomic mass is 32.2. The van der Waals surface area contributed by atoms with Crippen molar-refractivity contribution < 1.29 is 24.1 Å². The predicted molar refractivity (Wildman–Crippen MR) is 137 cm³/mol. The lowest BCUT2D eigenvalue weighted by Crippen LogP contribution is -2.28. The molecule has 1 aromatic carbocycles. The minimum atomic E-state index is -0.200. The Hall–Kier alpha value is -2.91. The molecular formula is C25H35N2O6S+. The highest BCUT2D eigenvalue weighted by Crippen LogP contribution is 2.40. The Bertz CT molecular complexity index is 1090. The molecule has 9 heteroatoms. The Balaban J connectivity index is 0.00000199. The molecule has 3 rings (SSSR count). The van der Waals surface area contributed by atoms with Crippen LogP contribution < -0.4 is 24.5 Å². The van der Waals surface area contributed by atoms with E-state index in [4.69, 9.17) is 24.1 Å². The van der Waals surface area contributed by atoms with Crippen molar-refractivity contribution in [3.05, 3.63) is 46.9 Å². The molecule has 0 saturated carbocycles. The number of hydrogen-bond donors (Lipinski definition) is 1. The van der Waals surface area contributed by atoms with Gasteiger partial charge in [0.15, 0.2) is 11.5 Å². The van der Waals surface area contributed by atoms with Crippen LogP contribution in [0.15, 0.2) is 46.2 Å². The number of aliphatic hydroxyl groups excluding tert-OH is 1. The SMILES string of the molecule is CCCn1c(=O)c([S+](C)CCCOc2cc(OC)c(OC)c(OC)c2)cc2cccnc21.CO. The zero-order chi connectivity index (χ0) is 25.1. The monoisotopic (exact) mass is 491 g/mol. The molecule has 0 aliphatic heterocycles. The van der Waals surface area contributed by atoms with Gasteiger partial charge >= 0.3 is 5.56 Å². The standard InChI is InChI=1S/C24H31N2O5S.CH4O/c1-6-11-26-23-17(9-7-10-25-23)14-21(24(26)27)32(5)13-8-12-31-18-15-19(28-2)22(30-4)20(16-18)29-3;1-2/h7,9-10,14-16H,6,8,11-13H2,1-5H3;2H,1H3/q+1;. The van der Waals surface area contributed by atoms with Crippen molar-refractivity contribution in [2.45, 2.75) is 31.2 Å². The summed E-state index contributed by atoms with van der Waals surface area (Å²) in [6, 6.07) is 9.49. The number of fused-ring (bicyclic) bond motifs is 1. The summed E-state index contributed by atoms with van der Waals surface area (Å²) < 4.78 is 23.8. The van der Waals surface area contributed by atoms with Crippen molar-refractivity contribution in [2.75, 3.05) is 47.1 Å². The maximum absolute atomic E-state index is 13.1. The molecular weight excluding hydrogens is 456 g/mol. The van der Waals surface area contributed by atoms with E-state index in [0.29, 0.717) is 36.1 Å². The van der Waals surface area contributed by atoms with Gasteiger partial charge in [-0.15, -0.1) is 0 Å². The van der Waals surface area contributed by atoms with Crippen molar-refractivity contribution in [1.82, 2.24) is 9.55 Å². The smallest absolute Gasteiger partial charge is 0.307 e. The lowest BCUT2D eigenvalue weighted by molar-refractivity contribution is 0.299. The average molecular weight is 492 g/mol. The number of aryl methyl sites for hydroxylation is 1. The largest absolute Gasteiger partial charge is 0.493 e. The first kappa shape index (κ1) is 27.3. The Labute approximate surface area is 203 Å². The van der Waals surface area contributed by atoms with Gasteiger partial charge < -0.3 is 24.1 Å². The molecule has 186 valence electrons. The van der Waals surface area contributed by atoms with Gasteiger partial charge in [0.05, 0.1) is 27.9 Å². The number of pyridine rings is 2. The van der Waals surface area contributed by atoms with Gasteiger partial charge in [0.2, 0.25) is 10.6 Å². The molecule has 0 saturated heterocycles. The van der Waals surface area contributed by atoms with Crippen LogP contribution in [0.3, 0.4) is 0 Å². The maximum atomic E-state index is 13.1. The van der Waals surface area contributed by atoms with E-state index in [1.807, 2.05) is 18.2 Å². The van der Waals surface area contributed by atoms with Gasteiger partial charge in [0.1, 0.15) is 23.4 Å². The van der Waals surface area contributed by atoms with Crippen LogP contribution in [-0.4, -0.2) is 61.7 Å². The van der Waals surface area contributed by atoms with Crippen LogP contribution in [0.25, 0.3) is 11.0 Å². The quantitative estimate of drug-likeness (QED) is 0.324. The van der Waals surface area contributed by atoms with Crippen LogP contribution in [-0.2, 0) is 17.4 Å². The van der Waals surface area contributed by atoms with Gasteiger partial charge in [-0.25, -0.2) is 4.98 Å². The molecule has 0 fully saturated rings. The van der Waals surface area contributed by atoms with Gasteiger partial charge in [-0.3, -0.25) is 9.36 Å². The number of aromatic nitrogens is 2. The molecule has 2 aromatic heterocycles. The average Bonchev–Trinajstić information content (AvgIpc) is 2.88. The summed E-state index contributed by atoms with van der Waals surface area (Å²) >= 11 is 0. The van der Waals surface area contributed by atoms with E-state index in [1.165, 1.54) is 0 Å². The number of ether oxygens (including phenoxy) is 4. The predicted octanol–water partition coefficient (Wildman–Crippen LogP) is 3.52. The van der Waals surface area contributed by atoms with Gasteiger partial charge in [-0.1, -0.05) is 6.92 Å². The lowest BCUT2D eigenvalue weighted by Gasteiger charge is -2.14. The zero-order valence-corrected chi connectivity index (χ0v) is 21.6. The third kappa shape index (κ3) is 6.36. The van der Waals surface area contributed by atoms with Crippen molar-refractivity contribution >= 4 is 21.9 Å². The third-order valence-electron chi connectivity index (χ3n) is 5.14. The second-order valence-corrected chi connectivity index (χ2v) is 9.41. The highest BCUT2D eigenvalue weighted by molar-refractivity contribution is 7.96. The third-order valence-corrected chi connectivity index (χ3v) is 7.08. The van der Waals surface area contributed by atoms with Crippen LogP contribution in [0.5, 0.6) is 23.0 Å². The van der Waals surface area contributed by atoms with Crippen LogP contribution >= 0.6 is 0 Å². The molecule has 0 spiro atoms. The van der Waals surface area contributed by atoms with Crippen LogP contribution in [0.4, 0.5) is 0 Å². The second-order valence-electron chi connectivity index (χ2n) is 7.29. The van der Waals surface area contributed by atoms with Gasteiger partial charge in [0, 0.05) is 60.8 Å². The number of nitrogens with zero attached hydrogens (tertiary/aromatic N) is 2. The molecule has 3 aromatic rings. The first-order valence-corrected chi connectivity index (χ1v) is 12.8. The van der Waals surface area contributed by atoms with Crippen molar-refractivity contribution in [2.24, 2.45) is 0 Å². The minimum absolute atomic E-state index is 0.0643. The lowest BCUT2D eigenvalue weighted by atomic mass is 10.2. The topological polar surface area (TPSA) is 92.0 Å². The molecule has 1 unspecified atom stereocenters. The number of aliphatic hydroxyl groups is 1. The number of rotatable bonds is 11. The fourth-order valence-electron chi connectivity index (χ4n) is 3.58. The van der Waals surface area contributed by atoms with Crippen LogP contribution in [0, 0.1) is 0 Å². The van der Waals surface area contributed by atoms with Gasteiger partial charge in [-0.05, 0) is 18.6 Å². The summed E-state index contributed by atoms with van der Waals surface area (Å²) in [6.45, 7) is 3.26. The van der Waals surface area contributed by atoms with E-state index < -0.39 is 0 Å². The Morgan fingerprint density at radius 2 is 1.74 bits per heavy atom. The Morgan fingerprint density at radius 1 is 1.06 bits per heavy atom. The molecule has 0 amide bonds. The maximum Gasteiger partial charge on any atom is 0.307 e. The van der Waals surface area contributed by atoms with E-state index in [1.54, 1.807) is 44.2 Å². The molecule has 8 nitrogen and oxygen atoms in total. The van der Waals surface area contributed by atoms with E-state index in [9.17, 15) is 4.79 Å². The number of benzene rings is 1. The Kier molecular flexibility index (Phi) is 11.0. The zero-order valence-electron chi connectivity index (χ0n) is 20.8. The summed E-state index contributed by atoms with van der Waals surface area (Å²) in [5.74, 6) is 3.15. The minimum Gasteiger partial charge on any atom is -0.493 e. The summed E-state index contributed by atoms with van der Waals surface area (Å²) in [6.07, 6.45) is 5.55. The van der Waals surface area contributed by atoms with Crippen molar-refractivity contribution in [1.29, 1.82) is 0 Å². The van der Waals surface area contributed by atoms with Crippen LogP contribution in [0.1, 0.15) is 19.8 Å². The molecule has 1 atom stereocenters. The van der Waals surface area contributed by atoms with Gasteiger partial charge in [-0.2, -0.15) is 0 Å². The van der Waals surface area contributed by atoms with Crippen LogP contribution in [0.2, 0.25) is 0 Å². The normalized spacial score (nSPS) is 11.4. The van der Waals surface area contributed by atoms with Crippen molar-refractivity contribution in [3.8, 4) is 23.0 Å².